The van der Waals surface area contributed by atoms with Gasteiger partial charge < -0.3 is 0 Å². The third-order valence-electron chi connectivity index (χ3n) is 2.09. The molecule has 0 aliphatic heterocycles. The Kier molecular flexibility index (Phi) is 2.95. The van der Waals surface area contributed by atoms with E-state index in [1.54, 1.807) is 12.1 Å². The second-order valence-corrected chi connectivity index (χ2v) is 4.09. The molecule has 0 bridgehead atoms. The summed E-state index contributed by atoms with van der Waals surface area (Å²) in [6, 6.07) is 11.4. The molecule has 4 heteroatoms. The van der Waals surface area contributed by atoms with Crippen LogP contribution >= 0.6 is 11.3 Å². The predicted octanol–water partition coefficient (Wildman–Crippen LogP) is 2.75. The SMILES string of the molecule is N#CCc1nc(-c2ccc(C#N)cc2)cs1. The van der Waals surface area contributed by atoms with Gasteiger partial charge >= 0.3 is 0 Å². The first-order valence-electron chi connectivity index (χ1n) is 4.65. The van der Waals surface area contributed by atoms with E-state index in [2.05, 4.69) is 17.1 Å². The van der Waals surface area contributed by atoms with Crippen molar-refractivity contribution >= 4 is 11.3 Å². The molecular formula is C12H7N3S. The Morgan fingerprint density at radius 1 is 1.19 bits per heavy atom. The largest absolute Gasteiger partial charge is 0.240 e. The van der Waals surface area contributed by atoms with Gasteiger partial charge in [-0.2, -0.15) is 10.5 Å². The molecule has 0 spiro atoms. The lowest BCUT2D eigenvalue weighted by molar-refractivity contribution is 1.19. The molecule has 0 aliphatic carbocycles. The summed E-state index contributed by atoms with van der Waals surface area (Å²) in [5, 5.41) is 20.0. The van der Waals surface area contributed by atoms with Gasteiger partial charge in [-0.1, -0.05) is 12.1 Å². The van der Waals surface area contributed by atoms with E-state index in [0.29, 0.717) is 12.0 Å². The number of hydrogen-bond donors (Lipinski definition) is 0. The molecule has 0 fully saturated rings. The van der Waals surface area contributed by atoms with E-state index in [-0.39, 0.29) is 0 Å². The summed E-state index contributed by atoms with van der Waals surface area (Å²) in [6.45, 7) is 0. The average Bonchev–Trinajstić information content (AvgIpc) is 2.78. The molecule has 0 amide bonds. The van der Waals surface area contributed by atoms with Gasteiger partial charge in [0.25, 0.3) is 0 Å². The van der Waals surface area contributed by atoms with Crippen LogP contribution in [0.15, 0.2) is 29.6 Å². The normalized spacial score (nSPS) is 9.38. The van der Waals surface area contributed by atoms with E-state index < -0.39 is 0 Å². The Bertz CT molecular complexity index is 570. The van der Waals surface area contributed by atoms with E-state index in [1.165, 1.54) is 11.3 Å². The van der Waals surface area contributed by atoms with Gasteiger partial charge in [0.15, 0.2) is 0 Å². The molecule has 1 heterocycles. The fraction of sp³-hybridized carbons (Fsp3) is 0.0833. The fourth-order valence-electron chi connectivity index (χ4n) is 1.31. The van der Waals surface area contributed by atoms with Crippen molar-refractivity contribution in [2.24, 2.45) is 0 Å². The second-order valence-electron chi connectivity index (χ2n) is 3.15. The fourth-order valence-corrected chi connectivity index (χ4v) is 2.04. The van der Waals surface area contributed by atoms with Crippen molar-refractivity contribution in [3.8, 4) is 23.4 Å². The van der Waals surface area contributed by atoms with Crippen molar-refractivity contribution in [3.05, 3.63) is 40.2 Å². The van der Waals surface area contributed by atoms with Crippen molar-refractivity contribution in [2.75, 3.05) is 0 Å². The first kappa shape index (κ1) is 10.4. The highest BCUT2D eigenvalue weighted by Crippen LogP contribution is 2.22. The smallest absolute Gasteiger partial charge is 0.107 e. The van der Waals surface area contributed by atoms with Crippen LogP contribution < -0.4 is 0 Å². The summed E-state index contributed by atoms with van der Waals surface area (Å²) in [6.07, 6.45) is 0.348. The number of nitriles is 2. The van der Waals surface area contributed by atoms with Crippen molar-refractivity contribution in [2.45, 2.75) is 6.42 Å². The maximum atomic E-state index is 8.67. The first-order valence-corrected chi connectivity index (χ1v) is 5.53. The molecule has 2 aromatic rings. The van der Waals surface area contributed by atoms with E-state index in [4.69, 9.17) is 10.5 Å². The zero-order valence-electron chi connectivity index (χ0n) is 8.34. The summed E-state index contributed by atoms with van der Waals surface area (Å²) in [4.78, 5) is 4.34. The number of nitrogens with zero attached hydrogens (tertiary/aromatic N) is 3. The summed E-state index contributed by atoms with van der Waals surface area (Å²) >= 11 is 1.48. The third kappa shape index (κ3) is 2.08. The number of thiazole rings is 1. The Morgan fingerprint density at radius 2 is 1.94 bits per heavy atom. The lowest BCUT2D eigenvalue weighted by Crippen LogP contribution is -1.82. The Hall–Kier alpha value is -2.17. The van der Waals surface area contributed by atoms with Crippen LogP contribution in [0.5, 0.6) is 0 Å². The molecule has 0 saturated heterocycles. The van der Waals surface area contributed by atoms with Gasteiger partial charge in [0, 0.05) is 10.9 Å². The van der Waals surface area contributed by atoms with Crippen LogP contribution in [0.2, 0.25) is 0 Å². The topological polar surface area (TPSA) is 60.5 Å². The zero-order chi connectivity index (χ0) is 11.4. The monoisotopic (exact) mass is 225 g/mol. The molecule has 0 radical (unpaired) electrons. The van der Waals surface area contributed by atoms with E-state index >= 15 is 0 Å². The van der Waals surface area contributed by atoms with Gasteiger partial charge in [0.05, 0.1) is 29.8 Å². The minimum atomic E-state index is 0.348. The van der Waals surface area contributed by atoms with E-state index in [9.17, 15) is 0 Å². The molecule has 2 rings (SSSR count). The van der Waals surface area contributed by atoms with Crippen molar-refractivity contribution in [1.29, 1.82) is 10.5 Å². The van der Waals surface area contributed by atoms with Crippen LogP contribution in [0.25, 0.3) is 11.3 Å². The molecule has 0 aliphatic rings. The molecular weight excluding hydrogens is 218 g/mol. The average molecular weight is 225 g/mol. The minimum Gasteiger partial charge on any atom is -0.240 e. The summed E-state index contributed by atoms with van der Waals surface area (Å²) < 4.78 is 0. The summed E-state index contributed by atoms with van der Waals surface area (Å²) in [5.41, 5.74) is 2.47. The first-order chi connectivity index (χ1) is 7.83. The Balaban J connectivity index is 2.29. The van der Waals surface area contributed by atoms with Crippen LogP contribution in [0.4, 0.5) is 0 Å². The van der Waals surface area contributed by atoms with Crippen molar-refractivity contribution in [3.63, 3.8) is 0 Å². The zero-order valence-corrected chi connectivity index (χ0v) is 9.16. The van der Waals surface area contributed by atoms with Crippen LogP contribution in [0.1, 0.15) is 10.6 Å². The quantitative estimate of drug-likeness (QED) is 0.789. The van der Waals surface area contributed by atoms with Crippen molar-refractivity contribution < 1.29 is 0 Å². The molecule has 0 saturated carbocycles. The van der Waals surface area contributed by atoms with Crippen molar-refractivity contribution in [1.82, 2.24) is 4.98 Å². The molecule has 0 atom stereocenters. The Labute approximate surface area is 97.2 Å². The van der Waals surface area contributed by atoms with Crippen LogP contribution in [0.3, 0.4) is 0 Å². The van der Waals surface area contributed by atoms with E-state index in [1.807, 2.05) is 17.5 Å². The molecule has 3 nitrogen and oxygen atoms in total. The molecule has 1 aromatic heterocycles. The van der Waals surface area contributed by atoms with Gasteiger partial charge in [0.2, 0.25) is 0 Å². The number of rotatable bonds is 2. The molecule has 76 valence electrons. The van der Waals surface area contributed by atoms with Gasteiger partial charge in [-0.15, -0.1) is 11.3 Å². The summed E-state index contributed by atoms with van der Waals surface area (Å²) in [5.74, 6) is 0. The number of hydrogen-bond acceptors (Lipinski definition) is 4. The van der Waals surface area contributed by atoms with E-state index in [0.717, 1.165) is 16.3 Å². The highest BCUT2D eigenvalue weighted by molar-refractivity contribution is 7.10. The maximum Gasteiger partial charge on any atom is 0.107 e. The van der Waals surface area contributed by atoms with Gasteiger partial charge in [-0.3, -0.25) is 0 Å². The van der Waals surface area contributed by atoms with Crippen LogP contribution in [-0.4, -0.2) is 4.98 Å². The molecule has 16 heavy (non-hydrogen) atoms. The number of benzene rings is 1. The standard InChI is InChI=1S/C12H7N3S/c13-6-5-12-15-11(8-16-12)10-3-1-9(7-14)2-4-10/h1-4,8H,5H2. The number of aromatic nitrogens is 1. The molecule has 0 unspecified atom stereocenters. The van der Waals surface area contributed by atoms with Gasteiger partial charge in [0.1, 0.15) is 5.01 Å². The Morgan fingerprint density at radius 3 is 2.56 bits per heavy atom. The maximum absolute atomic E-state index is 8.67. The van der Waals surface area contributed by atoms with Gasteiger partial charge in [-0.25, -0.2) is 4.98 Å². The lowest BCUT2D eigenvalue weighted by Gasteiger charge is -1.95. The molecule has 0 N–H and O–H groups in total. The van der Waals surface area contributed by atoms with Crippen LogP contribution in [0, 0.1) is 22.7 Å². The highest BCUT2D eigenvalue weighted by Gasteiger charge is 2.03. The second kappa shape index (κ2) is 4.57. The summed E-state index contributed by atoms with van der Waals surface area (Å²) in [7, 11) is 0. The minimum absolute atomic E-state index is 0.348. The highest BCUT2D eigenvalue weighted by atomic mass is 32.1. The molecule has 1 aromatic carbocycles. The van der Waals surface area contributed by atoms with Gasteiger partial charge in [-0.05, 0) is 12.1 Å². The lowest BCUT2D eigenvalue weighted by atomic mass is 10.1. The predicted molar refractivity (Wildman–Crippen MR) is 61.6 cm³/mol. The van der Waals surface area contributed by atoms with Crippen LogP contribution in [-0.2, 0) is 6.42 Å². The third-order valence-corrected chi connectivity index (χ3v) is 2.94.